The number of amides is 1. The first-order chi connectivity index (χ1) is 9.99. The topological polar surface area (TPSA) is 101 Å². The molecule has 2 rings (SSSR count). The molecule has 1 heterocycles. The van der Waals surface area contributed by atoms with Gasteiger partial charge in [-0.25, -0.2) is 4.98 Å². The van der Waals surface area contributed by atoms with Gasteiger partial charge in [-0.15, -0.1) is 0 Å². The van der Waals surface area contributed by atoms with Crippen LogP contribution in [0.4, 0.5) is 0 Å². The molecule has 1 aromatic rings. The number of nitrogens with zero attached hydrogens (tertiary/aromatic N) is 1. The van der Waals surface area contributed by atoms with Crippen LogP contribution in [-0.4, -0.2) is 21.9 Å². The van der Waals surface area contributed by atoms with E-state index in [0.29, 0.717) is 11.4 Å². The van der Waals surface area contributed by atoms with Crippen molar-refractivity contribution in [1.29, 1.82) is 0 Å². The van der Waals surface area contributed by atoms with Crippen LogP contribution >= 0.6 is 0 Å². The third-order valence-electron chi connectivity index (χ3n) is 3.71. The summed E-state index contributed by atoms with van der Waals surface area (Å²) in [5.41, 5.74) is 6.61. The molecule has 0 radical (unpaired) electrons. The second-order valence-corrected chi connectivity index (χ2v) is 5.59. The zero-order chi connectivity index (χ0) is 15.4. The number of H-pyrrole nitrogens is 1. The van der Waals surface area contributed by atoms with Crippen molar-refractivity contribution in [2.24, 2.45) is 5.73 Å². The summed E-state index contributed by atoms with van der Waals surface area (Å²) in [7, 11) is 0. The minimum Gasteiger partial charge on any atom is -0.402 e. The van der Waals surface area contributed by atoms with Gasteiger partial charge in [0.1, 0.15) is 5.69 Å². The van der Waals surface area contributed by atoms with E-state index in [9.17, 15) is 9.59 Å². The Kier molecular flexibility index (Phi) is 4.77. The smallest absolute Gasteiger partial charge is 0.274 e. The van der Waals surface area contributed by atoms with Gasteiger partial charge in [0.25, 0.3) is 11.5 Å². The molecular weight excluding hydrogens is 268 g/mol. The molecule has 114 valence electrons. The summed E-state index contributed by atoms with van der Waals surface area (Å²) in [5.74, 6) is -0.314. The highest BCUT2D eigenvalue weighted by Crippen LogP contribution is 2.19. The maximum absolute atomic E-state index is 12.5. The van der Waals surface area contributed by atoms with E-state index in [0.717, 1.165) is 25.7 Å². The highest BCUT2D eigenvalue weighted by molar-refractivity contribution is 6.19. The number of aryl methyl sites for hydroxylation is 1. The summed E-state index contributed by atoms with van der Waals surface area (Å²) in [6.45, 7) is 3.36. The van der Waals surface area contributed by atoms with Crippen LogP contribution in [-0.2, 0) is 4.79 Å². The van der Waals surface area contributed by atoms with E-state index in [1.807, 2.05) is 0 Å². The minimum absolute atomic E-state index is 0.0864. The van der Waals surface area contributed by atoms with Gasteiger partial charge < -0.3 is 16.0 Å². The molecule has 0 unspecified atom stereocenters. The van der Waals surface area contributed by atoms with Crippen LogP contribution in [0.3, 0.4) is 0 Å². The molecular formula is C15H22N4O2. The molecule has 0 bridgehead atoms. The van der Waals surface area contributed by atoms with Crippen molar-refractivity contribution >= 4 is 11.5 Å². The van der Waals surface area contributed by atoms with Gasteiger partial charge in [-0.2, -0.15) is 0 Å². The number of rotatable bonds is 3. The van der Waals surface area contributed by atoms with Crippen molar-refractivity contribution in [3.63, 3.8) is 0 Å². The van der Waals surface area contributed by atoms with Crippen LogP contribution in [0, 0.1) is 6.92 Å². The van der Waals surface area contributed by atoms with Crippen LogP contribution in [0.25, 0.3) is 5.57 Å². The van der Waals surface area contributed by atoms with Crippen LogP contribution < -0.4 is 16.6 Å². The average Bonchev–Trinajstić information content (AvgIpc) is 2.43. The number of nitrogens with one attached hydrogen (secondary N) is 2. The monoisotopic (exact) mass is 290 g/mol. The van der Waals surface area contributed by atoms with E-state index in [2.05, 4.69) is 15.3 Å². The summed E-state index contributed by atoms with van der Waals surface area (Å²) in [6.07, 6.45) is 6.91. The maximum Gasteiger partial charge on any atom is 0.274 e. The van der Waals surface area contributed by atoms with Gasteiger partial charge >= 0.3 is 0 Å². The Morgan fingerprint density at radius 1 is 1.38 bits per heavy atom. The van der Waals surface area contributed by atoms with Gasteiger partial charge in [0.2, 0.25) is 0 Å². The number of hydrogen-bond donors (Lipinski definition) is 3. The van der Waals surface area contributed by atoms with Crippen molar-refractivity contribution in [3.8, 4) is 0 Å². The van der Waals surface area contributed by atoms with Crippen molar-refractivity contribution in [2.45, 2.75) is 52.0 Å². The second kappa shape index (κ2) is 6.56. The molecule has 4 N–H and O–H groups in total. The predicted molar refractivity (Wildman–Crippen MR) is 81.4 cm³/mol. The summed E-state index contributed by atoms with van der Waals surface area (Å²) in [5, 5.41) is 2.98. The number of nitrogens with two attached hydrogens (primary N) is 1. The molecule has 0 aromatic carbocycles. The molecule has 1 amide bonds. The lowest BCUT2D eigenvalue weighted by atomic mass is 9.95. The standard InChI is InChI=1S/C15H22N4O2/c1-9-8-17-15(21)13(18-9)12(10(2)16)14(20)19-11-6-4-3-5-7-11/h8,11H,3-7,16H2,1-2H3,(H,17,21)(H,19,20). The third-order valence-corrected chi connectivity index (χ3v) is 3.71. The van der Waals surface area contributed by atoms with E-state index in [-0.39, 0.29) is 23.2 Å². The average molecular weight is 290 g/mol. The Morgan fingerprint density at radius 3 is 2.67 bits per heavy atom. The van der Waals surface area contributed by atoms with E-state index in [1.54, 1.807) is 13.8 Å². The predicted octanol–water partition coefficient (Wildman–Crippen LogP) is 1.22. The molecule has 6 nitrogen and oxygen atoms in total. The number of aromatic amines is 1. The fourth-order valence-corrected chi connectivity index (χ4v) is 2.65. The van der Waals surface area contributed by atoms with Crippen molar-refractivity contribution in [1.82, 2.24) is 15.3 Å². The van der Waals surface area contributed by atoms with Crippen LogP contribution in [0.1, 0.15) is 50.4 Å². The zero-order valence-corrected chi connectivity index (χ0v) is 12.5. The molecule has 1 aromatic heterocycles. The molecule has 0 saturated heterocycles. The first kappa shape index (κ1) is 15.3. The second-order valence-electron chi connectivity index (χ2n) is 5.59. The zero-order valence-electron chi connectivity index (χ0n) is 12.5. The Labute approximate surface area is 123 Å². The summed E-state index contributed by atoms with van der Waals surface area (Å²) >= 11 is 0. The Hall–Kier alpha value is -2.11. The van der Waals surface area contributed by atoms with E-state index >= 15 is 0 Å². The van der Waals surface area contributed by atoms with E-state index in [1.165, 1.54) is 12.6 Å². The van der Waals surface area contributed by atoms with E-state index < -0.39 is 5.56 Å². The van der Waals surface area contributed by atoms with Crippen molar-refractivity contribution in [2.75, 3.05) is 0 Å². The molecule has 1 aliphatic rings. The van der Waals surface area contributed by atoms with Gasteiger partial charge in [0.15, 0.2) is 0 Å². The molecule has 6 heteroatoms. The quantitative estimate of drug-likeness (QED) is 0.728. The van der Waals surface area contributed by atoms with Crippen molar-refractivity contribution in [3.05, 3.63) is 33.6 Å². The summed E-state index contributed by atoms with van der Waals surface area (Å²) in [6, 6.07) is 0.157. The highest BCUT2D eigenvalue weighted by Gasteiger charge is 2.23. The number of carbonyl (C=O) groups excluding carboxylic acids is 1. The Balaban J connectivity index is 2.27. The fourth-order valence-electron chi connectivity index (χ4n) is 2.65. The summed E-state index contributed by atoms with van der Waals surface area (Å²) in [4.78, 5) is 31.1. The fraction of sp³-hybridized carbons (Fsp3) is 0.533. The first-order valence-corrected chi connectivity index (χ1v) is 7.33. The number of aromatic nitrogens is 2. The largest absolute Gasteiger partial charge is 0.402 e. The number of hydrogen-bond acceptors (Lipinski definition) is 4. The molecule has 21 heavy (non-hydrogen) atoms. The third kappa shape index (κ3) is 3.71. The van der Waals surface area contributed by atoms with Gasteiger partial charge in [0, 0.05) is 17.9 Å². The van der Waals surface area contributed by atoms with Gasteiger partial charge in [0.05, 0.1) is 11.3 Å². The molecule has 1 saturated carbocycles. The van der Waals surface area contributed by atoms with Gasteiger partial charge in [-0.3, -0.25) is 9.59 Å². The van der Waals surface area contributed by atoms with Gasteiger partial charge in [-0.1, -0.05) is 19.3 Å². The lowest BCUT2D eigenvalue weighted by Crippen LogP contribution is -2.38. The maximum atomic E-state index is 12.5. The molecule has 0 atom stereocenters. The molecule has 0 aliphatic heterocycles. The normalized spacial score (nSPS) is 17.2. The molecule has 1 fully saturated rings. The number of carbonyl (C=O) groups is 1. The Morgan fingerprint density at radius 2 is 2.05 bits per heavy atom. The van der Waals surface area contributed by atoms with Crippen molar-refractivity contribution < 1.29 is 4.79 Å². The lowest BCUT2D eigenvalue weighted by molar-refractivity contribution is -0.116. The van der Waals surface area contributed by atoms with Crippen LogP contribution in [0.2, 0.25) is 0 Å². The molecule has 1 aliphatic carbocycles. The van der Waals surface area contributed by atoms with Gasteiger partial charge in [-0.05, 0) is 26.7 Å². The van der Waals surface area contributed by atoms with Crippen LogP contribution in [0.15, 0.2) is 16.7 Å². The van der Waals surface area contributed by atoms with Crippen LogP contribution in [0.5, 0.6) is 0 Å². The highest BCUT2D eigenvalue weighted by atomic mass is 16.2. The number of allylic oxidation sites excluding steroid dienone is 1. The Bertz CT molecular complexity index is 608. The lowest BCUT2D eigenvalue weighted by Gasteiger charge is -2.23. The first-order valence-electron chi connectivity index (χ1n) is 7.33. The molecule has 0 spiro atoms. The SMILES string of the molecule is CC(N)=C(C(=O)NC1CCCCC1)c1nc(C)c[nH]c1=O. The summed E-state index contributed by atoms with van der Waals surface area (Å²) < 4.78 is 0. The minimum atomic E-state index is -0.404. The van der Waals surface area contributed by atoms with E-state index in [4.69, 9.17) is 5.73 Å².